The molecule has 0 aliphatic heterocycles. The first-order valence-corrected chi connectivity index (χ1v) is 10.3. The topological polar surface area (TPSA) is 79.4 Å². The van der Waals surface area contributed by atoms with Crippen molar-refractivity contribution in [3.8, 4) is 0 Å². The summed E-state index contributed by atoms with van der Waals surface area (Å²) in [5, 5.41) is 3.10. The van der Waals surface area contributed by atoms with E-state index in [1.54, 1.807) is 6.92 Å². The van der Waals surface area contributed by atoms with Crippen molar-refractivity contribution in [2.24, 2.45) is 0 Å². The van der Waals surface area contributed by atoms with E-state index in [9.17, 15) is 22.0 Å². The molecule has 0 radical (unpaired) electrons. The number of rotatable bonds is 7. The molecule has 10 heteroatoms. The molecular formula is C17H19F2N3O3S2. The van der Waals surface area contributed by atoms with Gasteiger partial charge in [-0.3, -0.25) is 4.79 Å². The summed E-state index contributed by atoms with van der Waals surface area (Å²) in [5.41, 5.74) is 0.186. The Balaban J connectivity index is 1.93. The highest BCUT2D eigenvalue weighted by molar-refractivity contribution is 7.99. The molecule has 0 saturated carbocycles. The molecule has 2 rings (SSSR count). The van der Waals surface area contributed by atoms with Crippen LogP contribution in [0.3, 0.4) is 0 Å². The highest BCUT2D eigenvalue weighted by Crippen LogP contribution is 2.20. The van der Waals surface area contributed by atoms with E-state index in [1.165, 1.54) is 38.5 Å². The molecule has 146 valence electrons. The lowest BCUT2D eigenvalue weighted by Crippen LogP contribution is -2.28. The Labute approximate surface area is 161 Å². The van der Waals surface area contributed by atoms with Crippen LogP contribution in [-0.4, -0.2) is 43.5 Å². The quantitative estimate of drug-likeness (QED) is 0.703. The SMILES string of the molecule is C[C@@H](NC(=O)CSc1ccc(S(=O)(=O)N(C)C)cn1)c1ccc(F)cc1F. The molecule has 1 amide bonds. The fraction of sp³-hybridized carbons (Fsp3) is 0.294. The number of hydrogen-bond acceptors (Lipinski definition) is 5. The van der Waals surface area contributed by atoms with E-state index < -0.39 is 27.7 Å². The standard InChI is InChI=1S/C17H19F2N3O3S2/c1-11(14-6-4-12(18)8-15(14)19)21-16(23)10-26-17-7-5-13(9-20-17)27(24,25)22(2)3/h4-9,11H,10H2,1-3H3,(H,21,23)/t11-/m1/s1. The monoisotopic (exact) mass is 415 g/mol. The highest BCUT2D eigenvalue weighted by atomic mass is 32.2. The van der Waals surface area contributed by atoms with Crippen molar-refractivity contribution >= 4 is 27.7 Å². The number of nitrogens with one attached hydrogen (secondary N) is 1. The Morgan fingerprint density at radius 1 is 1.26 bits per heavy atom. The fourth-order valence-electron chi connectivity index (χ4n) is 2.17. The number of pyridine rings is 1. The van der Waals surface area contributed by atoms with Crippen molar-refractivity contribution in [2.75, 3.05) is 19.8 Å². The van der Waals surface area contributed by atoms with Crippen LogP contribution in [0.15, 0.2) is 46.5 Å². The van der Waals surface area contributed by atoms with Crippen LogP contribution >= 0.6 is 11.8 Å². The van der Waals surface area contributed by atoms with E-state index in [2.05, 4.69) is 10.3 Å². The number of amides is 1. The van der Waals surface area contributed by atoms with Gasteiger partial charge in [-0.2, -0.15) is 0 Å². The third-order valence-corrected chi connectivity index (χ3v) is 6.39. The first-order chi connectivity index (χ1) is 12.6. The van der Waals surface area contributed by atoms with Crippen molar-refractivity contribution in [3.05, 3.63) is 53.7 Å². The van der Waals surface area contributed by atoms with Gasteiger partial charge in [-0.25, -0.2) is 26.5 Å². The van der Waals surface area contributed by atoms with Gasteiger partial charge in [-0.05, 0) is 25.1 Å². The zero-order valence-electron chi connectivity index (χ0n) is 14.9. The predicted molar refractivity (Wildman–Crippen MR) is 98.7 cm³/mol. The predicted octanol–water partition coefficient (Wildman–Crippen LogP) is 2.58. The average molecular weight is 415 g/mol. The number of nitrogens with zero attached hydrogens (tertiary/aromatic N) is 2. The summed E-state index contributed by atoms with van der Waals surface area (Å²) >= 11 is 1.11. The molecule has 0 aliphatic carbocycles. The third kappa shape index (κ3) is 5.47. The zero-order chi connectivity index (χ0) is 20.2. The highest BCUT2D eigenvalue weighted by Gasteiger charge is 2.18. The molecule has 0 bridgehead atoms. The number of carbonyl (C=O) groups is 1. The molecule has 1 atom stereocenters. The molecule has 27 heavy (non-hydrogen) atoms. The van der Waals surface area contributed by atoms with Gasteiger partial charge in [0.25, 0.3) is 0 Å². The lowest BCUT2D eigenvalue weighted by Gasteiger charge is -2.15. The summed E-state index contributed by atoms with van der Waals surface area (Å²) in [7, 11) is -0.710. The van der Waals surface area contributed by atoms with Gasteiger partial charge in [0.1, 0.15) is 16.5 Å². The van der Waals surface area contributed by atoms with Crippen molar-refractivity contribution in [1.29, 1.82) is 0 Å². The van der Waals surface area contributed by atoms with Crippen LogP contribution in [0, 0.1) is 11.6 Å². The van der Waals surface area contributed by atoms with Crippen LogP contribution in [0.5, 0.6) is 0 Å². The van der Waals surface area contributed by atoms with Gasteiger partial charge < -0.3 is 5.32 Å². The first kappa shape index (κ1) is 21.3. The van der Waals surface area contributed by atoms with E-state index in [-0.39, 0.29) is 22.1 Å². The summed E-state index contributed by atoms with van der Waals surface area (Å²) < 4.78 is 51.7. The molecular weight excluding hydrogens is 396 g/mol. The van der Waals surface area contributed by atoms with Gasteiger partial charge in [0, 0.05) is 31.9 Å². The molecule has 1 aromatic carbocycles. The van der Waals surface area contributed by atoms with Gasteiger partial charge >= 0.3 is 0 Å². The fourth-order valence-corrected chi connectivity index (χ4v) is 3.67. The normalized spacial score (nSPS) is 12.8. The molecule has 2 aromatic rings. The van der Waals surface area contributed by atoms with E-state index in [1.807, 2.05) is 0 Å². The minimum absolute atomic E-state index is 0.0138. The van der Waals surface area contributed by atoms with Crippen molar-refractivity contribution < 1.29 is 22.0 Å². The van der Waals surface area contributed by atoms with E-state index >= 15 is 0 Å². The second-order valence-corrected chi connectivity index (χ2v) is 9.01. The van der Waals surface area contributed by atoms with Crippen molar-refractivity contribution in [1.82, 2.24) is 14.6 Å². The third-order valence-electron chi connectivity index (χ3n) is 3.65. The van der Waals surface area contributed by atoms with Crippen LogP contribution in [0.25, 0.3) is 0 Å². The maximum Gasteiger partial charge on any atom is 0.244 e. The number of hydrogen-bond donors (Lipinski definition) is 1. The summed E-state index contributed by atoms with van der Waals surface area (Å²) in [4.78, 5) is 16.1. The number of carbonyl (C=O) groups excluding carboxylic acids is 1. The molecule has 1 aromatic heterocycles. The summed E-state index contributed by atoms with van der Waals surface area (Å²) in [6, 6.07) is 5.48. The van der Waals surface area contributed by atoms with E-state index in [4.69, 9.17) is 0 Å². The van der Waals surface area contributed by atoms with Crippen molar-refractivity contribution in [2.45, 2.75) is 22.9 Å². The molecule has 0 fully saturated rings. The summed E-state index contributed by atoms with van der Waals surface area (Å²) in [5.74, 6) is -1.76. The second kappa shape index (κ2) is 8.77. The number of thioether (sulfide) groups is 1. The Kier molecular flexibility index (Phi) is 6.90. The first-order valence-electron chi connectivity index (χ1n) is 7.87. The van der Waals surface area contributed by atoms with Crippen LogP contribution in [0.2, 0.25) is 0 Å². The number of benzene rings is 1. The lowest BCUT2D eigenvalue weighted by atomic mass is 10.1. The summed E-state index contributed by atoms with van der Waals surface area (Å²) in [6.07, 6.45) is 1.23. The Bertz CT molecular complexity index is 920. The number of sulfonamides is 1. The Morgan fingerprint density at radius 2 is 1.96 bits per heavy atom. The van der Waals surface area contributed by atoms with Crippen LogP contribution in [-0.2, 0) is 14.8 Å². The Morgan fingerprint density at radius 3 is 2.52 bits per heavy atom. The maximum absolute atomic E-state index is 13.7. The smallest absolute Gasteiger partial charge is 0.244 e. The Hall–Kier alpha value is -2.04. The minimum Gasteiger partial charge on any atom is -0.349 e. The number of aromatic nitrogens is 1. The van der Waals surface area contributed by atoms with Gasteiger partial charge in [0.15, 0.2) is 0 Å². The van der Waals surface area contributed by atoms with Gasteiger partial charge in [0.05, 0.1) is 16.8 Å². The molecule has 1 heterocycles. The molecule has 0 aliphatic rings. The van der Waals surface area contributed by atoms with Gasteiger partial charge in [0.2, 0.25) is 15.9 Å². The lowest BCUT2D eigenvalue weighted by molar-refractivity contribution is -0.119. The van der Waals surface area contributed by atoms with E-state index in [0.717, 1.165) is 28.2 Å². The second-order valence-electron chi connectivity index (χ2n) is 5.86. The molecule has 0 unspecified atom stereocenters. The van der Waals surface area contributed by atoms with Crippen LogP contribution in [0.1, 0.15) is 18.5 Å². The van der Waals surface area contributed by atoms with Gasteiger partial charge in [-0.1, -0.05) is 17.8 Å². The van der Waals surface area contributed by atoms with Crippen molar-refractivity contribution in [3.63, 3.8) is 0 Å². The van der Waals surface area contributed by atoms with Crippen LogP contribution < -0.4 is 5.32 Å². The molecule has 0 spiro atoms. The minimum atomic E-state index is -3.56. The average Bonchev–Trinajstić information content (AvgIpc) is 2.60. The van der Waals surface area contributed by atoms with Crippen LogP contribution in [0.4, 0.5) is 8.78 Å². The number of halogens is 2. The van der Waals surface area contributed by atoms with Gasteiger partial charge in [-0.15, -0.1) is 0 Å². The molecule has 1 N–H and O–H groups in total. The maximum atomic E-state index is 13.7. The summed E-state index contributed by atoms with van der Waals surface area (Å²) in [6.45, 7) is 1.60. The molecule has 6 nitrogen and oxygen atoms in total. The zero-order valence-corrected chi connectivity index (χ0v) is 16.6. The van der Waals surface area contributed by atoms with E-state index in [0.29, 0.717) is 5.03 Å². The molecule has 0 saturated heterocycles. The largest absolute Gasteiger partial charge is 0.349 e.